The number of benzene rings is 4. The Hall–Kier alpha value is -4.73. The van der Waals surface area contributed by atoms with E-state index in [0.29, 0.717) is 44.1 Å². The summed E-state index contributed by atoms with van der Waals surface area (Å²) in [5.74, 6) is 0.0237. The van der Waals surface area contributed by atoms with Crippen LogP contribution in [0.5, 0.6) is 5.75 Å². The minimum atomic E-state index is -1.02. The summed E-state index contributed by atoms with van der Waals surface area (Å²) in [6.07, 6.45) is 1.47. The summed E-state index contributed by atoms with van der Waals surface area (Å²) in [6.45, 7) is 0.112. The number of nitrogens with zero attached hydrogens (tertiary/aromatic N) is 3. The number of para-hydroxylation sites is 1. The molecule has 2 heterocycles. The molecule has 41 heavy (non-hydrogen) atoms. The average molecular weight is 629 g/mol. The fraction of sp³-hybridized carbons (Fsp3) is 0.0323. The van der Waals surface area contributed by atoms with Gasteiger partial charge < -0.3 is 14.3 Å². The quantitative estimate of drug-likeness (QED) is 0.185. The number of hydrogen-bond acceptors (Lipinski definition) is 6. The molecule has 4 aromatic carbocycles. The number of carbonyl (C=O) groups is 1. The molecule has 6 aromatic rings. The molecular weight excluding hydrogens is 610 g/mol. The fourth-order valence-corrected chi connectivity index (χ4v) is 4.90. The van der Waals surface area contributed by atoms with Gasteiger partial charge in [-0.15, -0.1) is 0 Å². The summed E-state index contributed by atoms with van der Waals surface area (Å²) in [5, 5.41) is 15.5. The first-order valence-corrected chi connectivity index (χ1v) is 13.5. The highest BCUT2D eigenvalue weighted by atomic mass is 79.9. The number of carboxylic acids is 1. The van der Waals surface area contributed by atoms with E-state index in [1.54, 1.807) is 54.6 Å². The maximum absolute atomic E-state index is 13.6. The van der Waals surface area contributed by atoms with E-state index in [4.69, 9.17) is 25.7 Å². The lowest BCUT2D eigenvalue weighted by Crippen LogP contribution is -2.20. The summed E-state index contributed by atoms with van der Waals surface area (Å²) in [4.78, 5) is 29.7. The van der Waals surface area contributed by atoms with E-state index in [1.807, 2.05) is 30.3 Å². The van der Waals surface area contributed by atoms with Crippen molar-refractivity contribution in [1.29, 1.82) is 0 Å². The summed E-state index contributed by atoms with van der Waals surface area (Å²) < 4.78 is 14.1. The highest BCUT2D eigenvalue weighted by molar-refractivity contribution is 9.10. The average Bonchev–Trinajstić information content (AvgIpc) is 3.39. The van der Waals surface area contributed by atoms with E-state index in [1.165, 1.54) is 17.0 Å². The van der Waals surface area contributed by atoms with Crippen molar-refractivity contribution in [3.05, 3.63) is 128 Å². The van der Waals surface area contributed by atoms with Gasteiger partial charge in [0, 0.05) is 20.4 Å². The van der Waals surface area contributed by atoms with Gasteiger partial charge in [-0.2, -0.15) is 9.78 Å². The summed E-state index contributed by atoms with van der Waals surface area (Å²) in [5.41, 5.74) is 2.12. The molecule has 202 valence electrons. The molecule has 0 atom stereocenters. The van der Waals surface area contributed by atoms with Crippen LogP contribution in [0.4, 0.5) is 0 Å². The molecule has 0 aliphatic carbocycles. The fourth-order valence-electron chi connectivity index (χ4n) is 4.34. The lowest BCUT2D eigenvalue weighted by Gasteiger charge is -2.11. The van der Waals surface area contributed by atoms with Gasteiger partial charge in [0.2, 0.25) is 5.82 Å². The molecule has 0 bridgehead atoms. The smallest absolute Gasteiger partial charge is 0.335 e. The van der Waals surface area contributed by atoms with E-state index in [-0.39, 0.29) is 23.6 Å². The standard InChI is InChI=1S/C31H19BrClN3O5/c32-22-8-10-27-20(13-22)15-28(41-27)29-35-25-7-2-1-6-24(25)30(37)36(29)34-16-21-14-23(33)9-11-26(21)40-17-18-4-3-5-19(12-18)31(38)39/h1-16H,17H2,(H,38,39). The van der Waals surface area contributed by atoms with E-state index < -0.39 is 5.97 Å². The Labute approximate surface area is 246 Å². The van der Waals surface area contributed by atoms with Crippen LogP contribution in [0.15, 0.2) is 110 Å². The second kappa shape index (κ2) is 11.0. The van der Waals surface area contributed by atoms with Crippen LogP contribution >= 0.6 is 27.5 Å². The van der Waals surface area contributed by atoms with Gasteiger partial charge in [-0.1, -0.05) is 51.8 Å². The van der Waals surface area contributed by atoms with E-state index in [0.717, 1.165) is 9.86 Å². The maximum atomic E-state index is 13.6. The third-order valence-electron chi connectivity index (χ3n) is 6.30. The molecule has 0 aliphatic rings. The monoisotopic (exact) mass is 627 g/mol. The molecule has 0 aliphatic heterocycles. The molecule has 0 fully saturated rings. The predicted octanol–water partition coefficient (Wildman–Crippen LogP) is 7.39. The summed E-state index contributed by atoms with van der Waals surface area (Å²) >= 11 is 9.76. The number of aromatic carboxylic acids is 1. The Morgan fingerprint density at radius 3 is 2.76 bits per heavy atom. The predicted molar refractivity (Wildman–Crippen MR) is 161 cm³/mol. The van der Waals surface area contributed by atoms with Crippen molar-refractivity contribution in [2.45, 2.75) is 6.61 Å². The van der Waals surface area contributed by atoms with Gasteiger partial charge in [-0.25, -0.2) is 9.78 Å². The van der Waals surface area contributed by atoms with Gasteiger partial charge in [0.1, 0.15) is 17.9 Å². The minimum absolute atomic E-state index is 0.112. The summed E-state index contributed by atoms with van der Waals surface area (Å²) in [6, 6.07) is 25.9. The zero-order chi connectivity index (χ0) is 28.5. The molecule has 6 rings (SSSR count). The van der Waals surface area contributed by atoms with Crippen molar-refractivity contribution < 1.29 is 19.1 Å². The molecule has 0 saturated carbocycles. The number of fused-ring (bicyclic) bond motifs is 2. The number of aromatic nitrogens is 2. The number of hydrogen-bond donors (Lipinski definition) is 1. The summed E-state index contributed by atoms with van der Waals surface area (Å²) in [7, 11) is 0. The topological polar surface area (TPSA) is 107 Å². The first-order valence-electron chi connectivity index (χ1n) is 12.4. The maximum Gasteiger partial charge on any atom is 0.335 e. The molecule has 0 unspecified atom stereocenters. The van der Waals surface area contributed by atoms with Gasteiger partial charge in [-0.05, 0) is 72.3 Å². The van der Waals surface area contributed by atoms with Gasteiger partial charge in [0.15, 0.2) is 5.76 Å². The van der Waals surface area contributed by atoms with Crippen LogP contribution in [-0.2, 0) is 6.61 Å². The Kier molecular flexibility index (Phi) is 7.13. The first-order chi connectivity index (χ1) is 19.9. The lowest BCUT2D eigenvalue weighted by molar-refractivity contribution is 0.0696. The van der Waals surface area contributed by atoms with Crippen LogP contribution in [0, 0.1) is 0 Å². The highest BCUT2D eigenvalue weighted by Crippen LogP contribution is 2.29. The Morgan fingerprint density at radius 1 is 1.05 bits per heavy atom. The third kappa shape index (κ3) is 5.50. The van der Waals surface area contributed by atoms with Gasteiger partial charge in [0.25, 0.3) is 5.56 Å². The zero-order valence-electron chi connectivity index (χ0n) is 21.1. The zero-order valence-corrected chi connectivity index (χ0v) is 23.5. The SMILES string of the molecule is O=C(O)c1cccc(COc2ccc(Cl)cc2C=Nn2c(-c3cc4cc(Br)ccc4o3)nc3ccccc3c2=O)c1. The highest BCUT2D eigenvalue weighted by Gasteiger charge is 2.17. The second-order valence-electron chi connectivity index (χ2n) is 9.08. The van der Waals surface area contributed by atoms with E-state index in [2.05, 4.69) is 21.0 Å². The van der Waals surface area contributed by atoms with Crippen molar-refractivity contribution in [3.8, 4) is 17.3 Å². The largest absolute Gasteiger partial charge is 0.488 e. The number of carboxylic acid groups (broad SMARTS) is 1. The van der Waals surface area contributed by atoms with Crippen LogP contribution in [-0.4, -0.2) is 27.0 Å². The molecule has 0 spiro atoms. The Bertz CT molecular complexity index is 2050. The van der Waals surface area contributed by atoms with Crippen molar-refractivity contribution in [3.63, 3.8) is 0 Å². The number of halogens is 2. The van der Waals surface area contributed by atoms with Gasteiger partial charge >= 0.3 is 5.97 Å². The van der Waals surface area contributed by atoms with Crippen molar-refractivity contribution in [2.75, 3.05) is 0 Å². The lowest BCUT2D eigenvalue weighted by atomic mass is 10.1. The molecule has 0 amide bonds. The van der Waals surface area contributed by atoms with Crippen LogP contribution in [0.3, 0.4) is 0 Å². The van der Waals surface area contributed by atoms with Crippen molar-refractivity contribution >= 4 is 61.6 Å². The van der Waals surface area contributed by atoms with Crippen LogP contribution in [0.2, 0.25) is 5.02 Å². The Balaban J connectivity index is 1.41. The van der Waals surface area contributed by atoms with Crippen LogP contribution < -0.4 is 10.3 Å². The molecule has 0 radical (unpaired) electrons. The minimum Gasteiger partial charge on any atom is -0.488 e. The normalized spacial score (nSPS) is 11.5. The van der Waals surface area contributed by atoms with E-state index >= 15 is 0 Å². The first kappa shape index (κ1) is 26.5. The molecular formula is C31H19BrClN3O5. The molecule has 10 heteroatoms. The Morgan fingerprint density at radius 2 is 1.90 bits per heavy atom. The van der Waals surface area contributed by atoms with Crippen LogP contribution in [0.1, 0.15) is 21.5 Å². The number of furan rings is 1. The van der Waals surface area contributed by atoms with Crippen molar-refractivity contribution in [1.82, 2.24) is 9.66 Å². The molecule has 1 N–H and O–H groups in total. The number of ether oxygens (including phenoxy) is 1. The molecule has 8 nitrogen and oxygen atoms in total. The van der Waals surface area contributed by atoms with Crippen molar-refractivity contribution in [2.24, 2.45) is 5.10 Å². The van der Waals surface area contributed by atoms with Crippen LogP contribution in [0.25, 0.3) is 33.5 Å². The third-order valence-corrected chi connectivity index (χ3v) is 7.03. The number of rotatable bonds is 7. The van der Waals surface area contributed by atoms with Gasteiger partial charge in [-0.3, -0.25) is 4.79 Å². The molecule has 2 aromatic heterocycles. The van der Waals surface area contributed by atoms with Gasteiger partial charge in [0.05, 0.1) is 22.7 Å². The molecule has 0 saturated heterocycles. The van der Waals surface area contributed by atoms with E-state index in [9.17, 15) is 14.7 Å². The second-order valence-corrected chi connectivity index (χ2v) is 10.4.